The van der Waals surface area contributed by atoms with E-state index in [1.165, 1.54) is 12.1 Å². The molecule has 1 saturated heterocycles. The standard InChI is InChI=1S/C14H19Cl2N3O3/c1-2-11(20)9-17-3-5-18(6-4-17)14-12(16)7-10(15)8-13(14)19(21)22/h7-8,11,20H,2-6,9H2,1H3. The number of aliphatic hydroxyl groups is 1. The summed E-state index contributed by atoms with van der Waals surface area (Å²) in [6, 6.07) is 2.86. The van der Waals surface area contributed by atoms with Gasteiger partial charge in [-0.2, -0.15) is 0 Å². The molecule has 2 rings (SSSR count). The van der Waals surface area contributed by atoms with E-state index in [-0.39, 0.29) is 16.8 Å². The number of β-amino-alcohol motifs (C(OH)–C–C–N with tert-alkyl or cyclic N) is 1. The molecule has 0 aromatic heterocycles. The Labute approximate surface area is 139 Å². The Morgan fingerprint density at radius 3 is 2.50 bits per heavy atom. The van der Waals surface area contributed by atoms with Crippen LogP contribution in [-0.2, 0) is 0 Å². The molecule has 1 N–H and O–H groups in total. The van der Waals surface area contributed by atoms with E-state index in [1.807, 2.05) is 11.8 Å². The number of hydrogen-bond donors (Lipinski definition) is 1. The van der Waals surface area contributed by atoms with Crippen LogP contribution in [0.25, 0.3) is 0 Å². The maximum Gasteiger partial charge on any atom is 0.295 e. The summed E-state index contributed by atoms with van der Waals surface area (Å²) < 4.78 is 0. The Morgan fingerprint density at radius 1 is 1.32 bits per heavy atom. The van der Waals surface area contributed by atoms with Gasteiger partial charge in [0.1, 0.15) is 5.69 Å². The molecule has 0 saturated carbocycles. The van der Waals surface area contributed by atoms with Crippen LogP contribution in [0.4, 0.5) is 11.4 Å². The molecule has 1 aromatic rings. The molecule has 1 unspecified atom stereocenters. The van der Waals surface area contributed by atoms with Crippen molar-refractivity contribution >= 4 is 34.6 Å². The maximum absolute atomic E-state index is 11.2. The summed E-state index contributed by atoms with van der Waals surface area (Å²) in [5, 5.41) is 21.5. The van der Waals surface area contributed by atoms with Crippen LogP contribution >= 0.6 is 23.2 Å². The first-order valence-electron chi connectivity index (χ1n) is 7.21. The average molecular weight is 348 g/mol. The fourth-order valence-corrected chi connectivity index (χ4v) is 3.19. The van der Waals surface area contributed by atoms with E-state index in [0.717, 1.165) is 13.1 Å². The molecule has 122 valence electrons. The number of hydrogen-bond acceptors (Lipinski definition) is 5. The molecule has 0 spiro atoms. The van der Waals surface area contributed by atoms with E-state index in [2.05, 4.69) is 4.90 Å². The van der Waals surface area contributed by atoms with Crippen molar-refractivity contribution in [2.24, 2.45) is 0 Å². The SMILES string of the molecule is CCC(O)CN1CCN(c2c(Cl)cc(Cl)cc2[N+](=O)[O-])CC1. The number of rotatable bonds is 5. The van der Waals surface area contributed by atoms with E-state index in [0.29, 0.717) is 36.8 Å². The van der Waals surface area contributed by atoms with Gasteiger partial charge in [0.2, 0.25) is 0 Å². The van der Waals surface area contributed by atoms with Crippen LogP contribution in [0.2, 0.25) is 10.0 Å². The number of halogens is 2. The van der Waals surface area contributed by atoms with Gasteiger partial charge in [0.25, 0.3) is 5.69 Å². The molecule has 0 radical (unpaired) electrons. The minimum atomic E-state index is -0.458. The van der Waals surface area contributed by atoms with Gasteiger partial charge >= 0.3 is 0 Å². The van der Waals surface area contributed by atoms with E-state index in [1.54, 1.807) is 0 Å². The van der Waals surface area contributed by atoms with Crippen LogP contribution in [0.15, 0.2) is 12.1 Å². The monoisotopic (exact) mass is 347 g/mol. The second kappa shape index (κ2) is 7.46. The van der Waals surface area contributed by atoms with Crippen LogP contribution in [0, 0.1) is 10.1 Å². The van der Waals surface area contributed by atoms with Crippen molar-refractivity contribution in [2.75, 3.05) is 37.6 Å². The summed E-state index contributed by atoms with van der Waals surface area (Å²) >= 11 is 12.0. The molecule has 0 amide bonds. The summed E-state index contributed by atoms with van der Waals surface area (Å²) in [5.41, 5.74) is 0.353. The van der Waals surface area contributed by atoms with Crippen molar-refractivity contribution in [3.63, 3.8) is 0 Å². The van der Waals surface area contributed by atoms with E-state index >= 15 is 0 Å². The van der Waals surface area contributed by atoms with Crippen LogP contribution in [0.3, 0.4) is 0 Å². The fraction of sp³-hybridized carbons (Fsp3) is 0.571. The molecule has 1 aliphatic heterocycles. The molecule has 1 aliphatic rings. The number of nitro benzene ring substituents is 1. The van der Waals surface area contributed by atoms with Crippen molar-refractivity contribution in [2.45, 2.75) is 19.4 Å². The zero-order chi connectivity index (χ0) is 16.3. The number of anilines is 1. The van der Waals surface area contributed by atoms with Gasteiger partial charge in [-0.15, -0.1) is 0 Å². The second-order valence-electron chi connectivity index (χ2n) is 5.36. The number of piperazine rings is 1. The molecule has 6 nitrogen and oxygen atoms in total. The maximum atomic E-state index is 11.2. The lowest BCUT2D eigenvalue weighted by Gasteiger charge is -2.36. The number of nitrogens with zero attached hydrogens (tertiary/aromatic N) is 3. The van der Waals surface area contributed by atoms with Gasteiger partial charge in [-0.25, -0.2) is 0 Å². The molecule has 1 aromatic carbocycles. The van der Waals surface area contributed by atoms with Crippen molar-refractivity contribution in [1.29, 1.82) is 0 Å². The Bertz CT molecular complexity index is 548. The summed E-state index contributed by atoms with van der Waals surface area (Å²) in [7, 11) is 0. The molecule has 0 bridgehead atoms. The Kier molecular flexibility index (Phi) is 5.86. The Morgan fingerprint density at radius 2 is 1.95 bits per heavy atom. The first kappa shape index (κ1) is 17.3. The third-order valence-corrected chi connectivity index (χ3v) is 4.34. The molecule has 22 heavy (non-hydrogen) atoms. The van der Waals surface area contributed by atoms with Gasteiger partial charge in [0, 0.05) is 43.8 Å². The lowest BCUT2D eigenvalue weighted by molar-refractivity contribution is -0.384. The highest BCUT2D eigenvalue weighted by Gasteiger charge is 2.27. The minimum absolute atomic E-state index is 0.0699. The summed E-state index contributed by atoms with van der Waals surface area (Å²) in [6.45, 7) is 5.27. The molecule has 1 fully saturated rings. The highest BCUT2D eigenvalue weighted by Crippen LogP contribution is 2.38. The first-order valence-corrected chi connectivity index (χ1v) is 7.96. The smallest absolute Gasteiger partial charge is 0.295 e. The van der Waals surface area contributed by atoms with E-state index < -0.39 is 4.92 Å². The van der Waals surface area contributed by atoms with Crippen molar-refractivity contribution < 1.29 is 10.0 Å². The molecule has 8 heteroatoms. The fourth-order valence-electron chi connectivity index (χ4n) is 2.59. The van der Waals surface area contributed by atoms with Gasteiger partial charge in [0.15, 0.2) is 0 Å². The average Bonchev–Trinajstić information content (AvgIpc) is 2.47. The predicted octanol–water partition coefficient (Wildman–Crippen LogP) is 2.79. The molecule has 0 aliphatic carbocycles. The van der Waals surface area contributed by atoms with Gasteiger partial charge in [-0.1, -0.05) is 30.1 Å². The Hall–Kier alpha value is -1.08. The zero-order valence-corrected chi connectivity index (χ0v) is 13.8. The number of aliphatic hydroxyl groups excluding tert-OH is 1. The molecular weight excluding hydrogens is 329 g/mol. The molecule has 1 atom stereocenters. The van der Waals surface area contributed by atoms with Gasteiger partial charge in [-0.3, -0.25) is 15.0 Å². The first-order chi connectivity index (χ1) is 10.4. The lowest BCUT2D eigenvalue weighted by Crippen LogP contribution is -2.48. The summed E-state index contributed by atoms with van der Waals surface area (Å²) in [6.07, 6.45) is 0.384. The molecule has 1 heterocycles. The van der Waals surface area contributed by atoms with Crippen molar-refractivity contribution in [1.82, 2.24) is 4.90 Å². The highest BCUT2D eigenvalue weighted by molar-refractivity contribution is 6.37. The third kappa shape index (κ3) is 4.01. The van der Waals surface area contributed by atoms with Gasteiger partial charge < -0.3 is 10.0 Å². The van der Waals surface area contributed by atoms with Crippen LogP contribution in [0.1, 0.15) is 13.3 Å². The van der Waals surface area contributed by atoms with Gasteiger partial charge in [-0.05, 0) is 12.5 Å². The Balaban J connectivity index is 2.13. The van der Waals surface area contributed by atoms with E-state index in [4.69, 9.17) is 23.2 Å². The summed E-state index contributed by atoms with van der Waals surface area (Å²) in [4.78, 5) is 14.8. The topological polar surface area (TPSA) is 69.8 Å². The van der Waals surface area contributed by atoms with Crippen LogP contribution in [0.5, 0.6) is 0 Å². The minimum Gasteiger partial charge on any atom is -0.392 e. The highest BCUT2D eigenvalue weighted by atomic mass is 35.5. The predicted molar refractivity (Wildman–Crippen MR) is 88.1 cm³/mol. The lowest BCUT2D eigenvalue weighted by atomic mass is 10.2. The van der Waals surface area contributed by atoms with Crippen molar-refractivity contribution in [3.05, 3.63) is 32.3 Å². The van der Waals surface area contributed by atoms with Crippen molar-refractivity contribution in [3.8, 4) is 0 Å². The third-order valence-electron chi connectivity index (χ3n) is 3.83. The summed E-state index contributed by atoms with van der Waals surface area (Å²) in [5.74, 6) is 0. The van der Waals surface area contributed by atoms with E-state index in [9.17, 15) is 15.2 Å². The number of nitro groups is 1. The largest absolute Gasteiger partial charge is 0.392 e. The van der Waals surface area contributed by atoms with Gasteiger partial charge in [0.05, 0.1) is 16.0 Å². The number of benzene rings is 1. The van der Waals surface area contributed by atoms with Crippen LogP contribution in [-0.4, -0.2) is 53.8 Å². The zero-order valence-electron chi connectivity index (χ0n) is 12.3. The van der Waals surface area contributed by atoms with Crippen LogP contribution < -0.4 is 4.90 Å². The second-order valence-corrected chi connectivity index (χ2v) is 6.21. The molecular formula is C14H19Cl2N3O3. The normalized spacial score (nSPS) is 17.5. The quantitative estimate of drug-likeness (QED) is 0.655.